The van der Waals surface area contributed by atoms with Crippen LogP contribution in [-0.4, -0.2) is 16.0 Å². The fourth-order valence-electron chi connectivity index (χ4n) is 4.10. The van der Waals surface area contributed by atoms with E-state index in [0.29, 0.717) is 5.56 Å². The molecule has 152 valence electrons. The molecule has 4 aromatic carbocycles. The number of carbonyl (C=O) groups is 1. The summed E-state index contributed by atoms with van der Waals surface area (Å²) < 4.78 is 0. The second-order valence-corrected chi connectivity index (χ2v) is 7.59. The van der Waals surface area contributed by atoms with Gasteiger partial charge in [-0.05, 0) is 58.7 Å². The van der Waals surface area contributed by atoms with E-state index in [0.717, 1.165) is 44.9 Å². The number of ketones is 1. The summed E-state index contributed by atoms with van der Waals surface area (Å²) in [6, 6.07) is 29.0. The lowest BCUT2D eigenvalue weighted by atomic mass is 10.0. The highest BCUT2D eigenvalue weighted by Crippen LogP contribution is 2.41. The van der Waals surface area contributed by atoms with E-state index in [1.807, 2.05) is 91.0 Å². The Morgan fingerprint density at radius 2 is 1.03 bits per heavy atom. The molecule has 1 aliphatic rings. The topological polar surface area (TPSA) is 60.8 Å². The van der Waals surface area contributed by atoms with Crippen molar-refractivity contribution in [3.63, 3.8) is 0 Å². The van der Waals surface area contributed by atoms with Crippen LogP contribution in [0.3, 0.4) is 0 Å². The first-order valence-electron chi connectivity index (χ1n) is 10.2. The second-order valence-electron chi connectivity index (χ2n) is 7.59. The molecule has 0 aliphatic heterocycles. The summed E-state index contributed by atoms with van der Waals surface area (Å²) >= 11 is 0. The quantitative estimate of drug-likeness (QED) is 0.412. The van der Waals surface area contributed by atoms with Gasteiger partial charge < -0.3 is 15.1 Å². The van der Waals surface area contributed by atoms with Crippen molar-refractivity contribution in [2.24, 2.45) is 0 Å². The highest BCUT2D eigenvalue weighted by Gasteiger charge is 2.27. The van der Waals surface area contributed by atoms with Crippen LogP contribution in [0.5, 0.6) is 0 Å². The summed E-state index contributed by atoms with van der Waals surface area (Å²) in [5.74, 6) is 0.0404. The first kappa shape index (κ1) is 19.2. The van der Waals surface area contributed by atoms with Gasteiger partial charge in [0.25, 0.3) is 0 Å². The highest BCUT2D eigenvalue weighted by molar-refractivity contribution is 6.22. The number of benzene rings is 4. The lowest BCUT2D eigenvalue weighted by Gasteiger charge is -2.26. The average molecular weight is 407 g/mol. The van der Waals surface area contributed by atoms with E-state index in [4.69, 9.17) is 0 Å². The predicted octanol–water partition coefficient (Wildman–Crippen LogP) is 5.35. The van der Waals surface area contributed by atoms with Crippen LogP contribution in [0.1, 0.15) is 27.0 Å². The van der Waals surface area contributed by atoms with E-state index in [1.54, 1.807) is 0 Å². The van der Waals surface area contributed by atoms with Crippen LogP contribution in [0.25, 0.3) is 11.1 Å². The maximum atomic E-state index is 13.0. The molecule has 0 spiro atoms. The van der Waals surface area contributed by atoms with Gasteiger partial charge >= 0.3 is 0 Å². The number of aliphatic hydroxyl groups is 2. The van der Waals surface area contributed by atoms with Crippen LogP contribution in [-0.2, 0) is 13.2 Å². The van der Waals surface area contributed by atoms with Crippen molar-refractivity contribution in [3.05, 3.63) is 113 Å². The molecule has 1 aliphatic carbocycles. The maximum absolute atomic E-state index is 13.0. The van der Waals surface area contributed by atoms with Crippen LogP contribution in [0.15, 0.2) is 91.0 Å². The van der Waals surface area contributed by atoms with E-state index in [2.05, 4.69) is 4.90 Å². The SMILES string of the molecule is O=C1c2ccccc2-c2ccc(N(c3ccc(CO)cc3)c3ccc(CO)cc3)cc21. The molecule has 0 atom stereocenters. The fourth-order valence-corrected chi connectivity index (χ4v) is 4.10. The molecule has 0 bridgehead atoms. The molecular formula is C27H21NO3. The number of anilines is 3. The van der Waals surface area contributed by atoms with Gasteiger partial charge in [0.05, 0.1) is 13.2 Å². The summed E-state index contributed by atoms with van der Waals surface area (Å²) in [5.41, 5.74) is 7.72. The number of hydrogen-bond donors (Lipinski definition) is 2. The maximum Gasteiger partial charge on any atom is 0.194 e. The number of nitrogens with zero attached hydrogens (tertiary/aromatic N) is 1. The van der Waals surface area contributed by atoms with Gasteiger partial charge in [0.1, 0.15) is 0 Å². The molecule has 4 aromatic rings. The summed E-state index contributed by atoms with van der Waals surface area (Å²) in [4.78, 5) is 15.1. The Morgan fingerprint density at radius 1 is 0.548 bits per heavy atom. The van der Waals surface area contributed by atoms with Crippen molar-refractivity contribution < 1.29 is 15.0 Å². The van der Waals surface area contributed by atoms with Crippen LogP contribution in [0.4, 0.5) is 17.1 Å². The number of rotatable bonds is 5. The minimum Gasteiger partial charge on any atom is -0.392 e. The zero-order chi connectivity index (χ0) is 21.4. The van der Waals surface area contributed by atoms with Gasteiger partial charge in [-0.2, -0.15) is 0 Å². The van der Waals surface area contributed by atoms with Gasteiger partial charge in [-0.25, -0.2) is 0 Å². The number of fused-ring (bicyclic) bond motifs is 3. The van der Waals surface area contributed by atoms with E-state index < -0.39 is 0 Å². The van der Waals surface area contributed by atoms with Gasteiger partial charge in [-0.15, -0.1) is 0 Å². The Hall–Kier alpha value is -3.73. The standard InChI is InChI=1S/C27H21NO3/c29-16-18-5-9-20(10-6-18)28(21-11-7-19(17-30)8-12-21)22-13-14-24-23-3-1-2-4-25(23)27(31)26(24)15-22/h1-15,29-30H,16-17H2. The Bertz CT molecular complexity index is 1210. The van der Waals surface area contributed by atoms with Gasteiger partial charge in [-0.3, -0.25) is 4.79 Å². The Balaban J connectivity index is 1.64. The largest absolute Gasteiger partial charge is 0.392 e. The third-order valence-electron chi connectivity index (χ3n) is 5.72. The van der Waals surface area contributed by atoms with Crippen LogP contribution < -0.4 is 4.90 Å². The zero-order valence-electron chi connectivity index (χ0n) is 16.8. The third-order valence-corrected chi connectivity index (χ3v) is 5.72. The minimum atomic E-state index is -0.0168. The van der Waals surface area contributed by atoms with Crippen molar-refractivity contribution in [3.8, 4) is 11.1 Å². The number of carbonyl (C=O) groups excluding carboxylic acids is 1. The third kappa shape index (κ3) is 3.32. The van der Waals surface area contributed by atoms with Gasteiger partial charge in [0.15, 0.2) is 5.78 Å². The molecule has 4 heteroatoms. The molecule has 0 saturated carbocycles. The van der Waals surface area contributed by atoms with E-state index in [9.17, 15) is 15.0 Å². The molecule has 0 saturated heterocycles. The zero-order valence-corrected chi connectivity index (χ0v) is 16.8. The van der Waals surface area contributed by atoms with Gasteiger partial charge in [0, 0.05) is 28.2 Å². The summed E-state index contributed by atoms with van der Waals surface area (Å²) in [6.45, 7) is -0.0336. The van der Waals surface area contributed by atoms with Crippen molar-refractivity contribution in [2.75, 3.05) is 4.90 Å². The molecule has 0 unspecified atom stereocenters. The van der Waals surface area contributed by atoms with Gasteiger partial charge in [-0.1, -0.05) is 54.6 Å². The Labute approximate surface area is 180 Å². The molecule has 0 radical (unpaired) electrons. The molecule has 2 N–H and O–H groups in total. The van der Waals surface area contributed by atoms with Crippen molar-refractivity contribution in [1.82, 2.24) is 0 Å². The summed E-state index contributed by atoms with van der Waals surface area (Å²) in [5, 5.41) is 18.8. The molecule has 4 nitrogen and oxygen atoms in total. The van der Waals surface area contributed by atoms with Gasteiger partial charge in [0.2, 0.25) is 0 Å². The molecule has 0 amide bonds. The van der Waals surface area contributed by atoms with Crippen molar-refractivity contribution in [1.29, 1.82) is 0 Å². The van der Waals surface area contributed by atoms with Crippen LogP contribution in [0.2, 0.25) is 0 Å². The monoisotopic (exact) mass is 407 g/mol. The normalized spacial score (nSPS) is 11.9. The lowest BCUT2D eigenvalue weighted by molar-refractivity contribution is 0.104. The highest BCUT2D eigenvalue weighted by atomic mass is 16.3. The van der Waals surface area contributed by atoms with Crippen LogP contribution >= 0.6 is 0 Å². The predicted molar refractivity (Wildman–Crippen MR) is 122 cm³/mol. The molecule has 0 aromatic heterocycles. The number of aliphatic hydroxyl groups excluding tert-OH is 2. The van der Waals surface area contributed by atoms with Crippen LogP contribution in [0, 0.1) is 0 Å². The fraction of sp³-hybridized carbons (Fsp3) is 0.0741. The lowest BCUT2D eigenvalue weighted by Crippen LogP contribution is -2.11. The summed E-state index contributed by atoms with van der Waals surface area (Å²) in [7, 11) is 0. The first-order valence-corrected chi connectivity index (χ1v) is 10.2. The number of hydrogen-bond acceptors (Lipinski definition) is 4. The first-order chi connectivity index (χ1) is 15.2. The molecule has 31 heavy (non-hydrogen) atoms. The summed E-state index contributed by atoms with van der Waals surface area (Å²) in [6.07, 6.45) is 0. The van der Waals surface area contributed by atoms with E-state index >= 15 is 0 Å². The minimum absolute atomic E-state index is 0.0168. The molecule has 0 fully saturated rings. The second kappa shape index (κ2) is 7.84. The molecule has 0 heterocycles. The van der Waals surface area contributed by atoms with E-state index in [-0.39, 0.29) is 19.0 Å². The molecular weight excluding hydrogens is 386 g/mol. The molecule has 5 rings (SSSR count). The smallest absolute Gasteiger partial charge is 0.194 e. The van der Waals surface area contributed by atoms with E-state index in [1.165, 1.54) is 0 Å². The van der Waals surface area contributed by atoms with Crippen molar-refractivity contribution >= 4 is 22.8 Å². The van der Waals surface area contributed by atoms with Crippen molar-refractivity contribution in [2.45, 2.75) is 13.2 Å². The average Bonchev–Trinajstić information content (AvgIpc) is 3.12. The Morgan fingerprint density at radius 3 is 1.58 bits per heavy atom. The Kier molecular flexibility index (Phi) is 4.86.